The van der Waals surface area contributed by atoms with E-state index >= 15 is 0 Å². The Labute approximate surface area is 203 Å². The van der Waals surface area contributed by atoms with Crippen molar-refractivity contribution in [2.24, 2.45) is 7.05 Å². The fourth-order valence-electron chi connectivity index (χ4n) is 3.38. The van der Waals surface area contributed by atoms with Crippen LogP contribution in [0.3, 0.4) is 0 Å². The predicted octanol–water partition coefficient (Wildman–Crippen LogP) is 1.79. The van der Waals surface area contributed by atoms with E-state index in [-0.39, 0.29) is 22.9 Å². The van der Waals surface area contributed by atoms with Gasteiger partial charge in [-0.3, -0.25) is 19.0 Å². The summed E-state index contributed by atoms with van der Waals surface area (Å²) < 4.78 is 16.8. The summed E-state index contributed by atoms with van der Waals surface area (Å²) in [5.74, 6) is -1.79. The maximum atomic E-state index is 13.1. The second kappa shape index (κ2) is 10.0. The molecule has 0 radical (unpaired) electrons. The average molecular weight is 498 g/mol. The number of nitrogens with zero attached hydrogens (tertiary/aromatic N) is 3. The summed E-state index contributed by atoms with van der Waals surface area (Å²) in [7, 11) is 2.62. The van der Waals surface area contributed by atoms with E-state index in [4.69, 9.17) is 19.9 Å². The van der Waals surface area contributed by atoms with Crippen LogP contribution in [-0.4, -0.2) is 39.4 Å². The summed E-state index contributed by atoms with van der Waals surface area (Å²) in [6, 6.07) is 9.54. The first-order chi connectivity index (χ1) is 16.9. The Morgan fingerprint density at radius 3 is 1.89 bits per heavy atom. The number of nitrogens with two attached hydrogens (primary N) is 1. The number of hydrogen-bond acceptors (Lipinski definition) is 9. The Kier molecular flexibility index (Phi) is 7.13. The summed E-state index contributed by atoms with van der Waals surface area (Å²) in [5.41, 5.74) is 3.76. The molecule has 1 heterocycles. The molecule has 0 saturated carbocycles. The van der Waals surface area contributed by atoms with Crippen molar-refractivity contribution in [3.63, 3.8) is 0 Å². The Bertz CT molecular complexity index is 1440. The average Bonchev–Trinajstić information content (AvgIpc) is 2.79. The zero-order valence-electron chi connectivity index (χ0n) is 19.7. The normalized spacial score (nSPS) is 10.4. The van der Waals surface area contributed by atoms with Gasteiger partial charge >= 0.3 is 23.7 Å². The van der Waals surface area contributed by atoms with Crippen LogP contribution in [0.4, 0.5) is 22.0 Å². The number of rotatable bonds is 6. The van der Waals surface area contributed by atoms with Crippen molar-refractivity contribution in [1.29, 1.82) is 0 Å². The van der Waals surface area contributed by atoms with Crippen LogP contribution < -0.4 is 36.1 Å². The van der Waals surface area contributed by atoms with Gasteiger partial charge < -0.3 is 25.1 Å². The number of hydrogen-bond donors (Lipinski definition) is 2. The first kappa shape index (κ1) is 25.6. The number of aromatic nitrogens is 2. The number of nitrogen functional groups attached to an aromatic ring is 1. The highest BCUT2D eigenvalue weighted by Gasteiger charge is 2.28. The van der Waals surface area contributed by atoms with Gasteiger partial charge in [-0.1, -0.05) is 0 Å². The van der Waals surface area contributed by atoms with Gasteiger partial charge in [0.1, 0.15) is 23.1 Å². The molecule has 0 aliphatic carbocycles. The molecule has 0 spiro atoms. The predicted molar refractivity (Wildman–Crippen MR) is 127 cm³/mol. The summed E-state index contributed by atoms with van der Waals surface area (Å²) in [6.07, 6.45) is -1.66. The zero-order chi connectivity index (χ0) is 26.7. The van der Waals surface area contributed by atoms with Crippen molar-refractivity contribution in [2.45, 2.75) is 13.8 Å². The lowest BCUT2D eigenvalue weighted by molar-refractivity contribution is -0.132. The van der Waals surface area contributed by atoms with Crippen LogP contribution in [0.25, 0.3) is 5.69 Å². The van der Waals surface area contributed by atoms with E-state index in [1.54, 1.807) is 12.1 Å². The molecular formula is C23H22N4O9. The van der Waals surface area contributed by atoms with Gasteiger partial charge in [-0.25, -0.2) is 19.1 Å². The number of ether oxygens (including phenoxy) is 3. The Hall–Kier alpha value is -5.07. The largest absolute Gasteiger partial charge is 0.497 e. The van der Waals surface area contributed by atoms with Gasteiger partial charge in [0.15, 0.2) is 5.69 Å². The fraction of sp³-hybridized carbons (Fsp3) is 0.174. The monoisotopic (exact) mass is 498 g/mol. The summed E-state index contributed by atoms with van der Waals surface area (Å²) >= 11 is 0. The minimum atomic E-state index is -1.66. The second-order valence-electron chi connectivity index (χ2n) is 7.38. The number of anilines is 3. The molecule has 0 saturated heterocycles. The highest BCUT2D eigenvalue weighted by molar-refractivity contribution is 5.98. The number of carboxylic acid groups (broad SMARTS) is 1. The van der Waals surface area contributed by atoms with E-state index in [0.717, 1.165) is 37.6 Å². The van der Waals surface area contributed by atoms with Crippen LogP contribution in [0.2, 0.25) is 0 Å². The van der Waals surface area contributed by atoms with Crippen molar-refractivity contribution in [3.05, 3.63) is 63.3 Å². The lowest BCUT2D eigenvalue weighted by Crippen LogP contribution is -2.43. The number of methoxy groups -OCH3 is 1. The van der Waals surface area contributed by atoms with E-state index in [0.29, 0.717) is 15.2 Å². The van der Waals surface area contributed by atoms with Crippen molar-refractivity contribution in [3.8, 4) is 22.9 Å². The third-order valence-corrected chi connectivity index (χ3v) is 4.86. The van der Waals surface area contributed by atoms with E-state index in [1.165, 1.54) is 25.3 Å². The Morgan fingerprint density at radius 2 is 1.44 bits per heavy atom. The van der Waals surface area contributed by atoms with Crippen molar-refractivity contribution in [1.82, 2.24) is 9.13 Å². The van der Waals surface area contributed by atoms with Crippen LogP contribution in [0.1, 0.15) is 13.8 Å². The van der Waals surface area contributed by atoms with Gasteiger partial charge in [-0.15, -0.1) is 0 Å². The number of amides is 1. The maximum absolute atomic E-state index is 13.1. The van der Waals surface area contributed by atoms with E-state index in [2.05, 4.69) is 0 Å². The molecule has 0 atom stereocenters. The van der Waals surface area contributed by atoms with E-state index < -0.39 is 40.8 Å². The number of esters is 2. The molecule has 0 unspecified atom stereocenters. The van der Waals surface area contributed by atoms with Gasteiger partial charge in [0.25, 0.3) is 5.56 Å². The van der Waals surface area contributed by atoms with Crippen LogP contribution in [0, 0.1) is 0 Å². The highest BCUT2D eigenvalue weighted by atomic mass is 16.5. The molecular weight excluding hydrogens is 476 g/mol. The molecule has 13 nitrogen and oxygen atoms in total. The van der Waals surface area contributed by atoms with Crippen molar-refractivity contribution >= 4 is 35.2 Å². The molecule has 0 bridgehead atoms. The van der Waals surface area contributed by atoms with Gasteiger partial charge in [0, 0.05) is 39.1 Å². The maximum Gasteiger partial charge on any atom is 0.416 e. The first-order valence-corrected chi connectivity index (χ1v) is 10.3. The highest BCUT2D eigenvalue weighted by Crippen LogP contribution is 2.34. The zero-order valence-corrected chi connectivity index (χ0v) is 19.7. The van der Waals surface area contributed by atoms with Gasteiger partial charge in [0.05, 0.1) is 18.5 Å². The van der Waals surface area contributed by atoms with Crippen LogP contribution >= 0.6 is 0 Å². The van der Waals surface area contributed by atoms with Crippen molar-refractivity contribution in [2.75, 3.05) is 17.7 Å². The molecule has 0 aliphatic rings. The lowest BCUT2D eigenvalue weighted by atomic mass is 10.2. The molecule has 3 N–H and O–H groups in total. The SMILES string of the molecule is COc1ccc(-n2c(N)c(N(C(=O)O)c3cc(OC(C)=O)cc(OC(C)=O)c3)c(=O)n(C)c2=O)cc1. The summed E-state index contributed by atoms with van der Waals surface area (Å²) in [4.78, 5) is 61.9. The first-order valence-electron chi connectivity index (χ1n) is 10.3. The Balaban J connectivity index is 2.33. The molecule has 0 fully saturated rings. The van der Waals surface area contributed by atoms with Crippen LogP contribution in [0.15, 0.2) is 52.1 Å². The number of benzene rings is 2. The molecule has 1 aromatic heterocycles. The number of carbonyl (C=O) groups is 3. The molecule has 188 valence electrons. The smallest absolute Gasteiger partial charge is 0.416 e. The molecule has 3 rings (SSSR count). The van der Waals surface area contributed by atoms with Gasteiger partial charge in [-0.05, 0) is 24.3 Å². The second-order valence-corrected chi connectivity index (χ2v) is 7.38. The minimum absolute atomic E-state index is 0.165. The third-order valence-electron chi connectivity index (χ3n) is 4.86. The lowest BCUT2D eigenvalue weighted by Gasteiger charge is -2.24. The quantitative estimate of drug-likeness (QED) is 0.377. The third kappa shape index (κ3) is 5.04. The van der Waals surface area contributed by atoms with Crippen molar-refractivity contribution < 1.29 is 33.7 Å². The fourth-order valence-corrected chi connectivity index (χ4v) is 3.38. The standard InChI is InChI=1S/C23H22N4O9/c1-12(28)35-17-9-15(10-18(11-17)36-13(2)29)26(23(32)33)19-20(24)27(22(31)25(3)21(19)30)14-5-7-16(34-4)8-6-14/h5-11H,24H2,1-4H3,(H,32,33). The topological polar surface area (TPSA) is 172 Å². The molecule has 3 aromatic rings. The minimum Gasteiger partial charge on any atom is -0.497 e. The van der Waals surface area contributed by atoms with E-state index in [9.17, 15) is 29.1 Å². The molecule has 1 amide bonds. The van der Waals surface area contributed by atoms with Gasteiger partial charge in [-0.2, -0.15) is 0 Å². The van der Waals surface area contributed by atoms with E-state index in [1.807, 2.05) is 0 Å². The number of carbonyl (C=O) groups excluding carboxylic acids is 2. The Morgan fingerprint density at radius 1 is 0.917 bits per heavy atom. The van der Waals surface area contributed by atoms with Gasteiger partial charge in [0.2, 0.25) is 0 Å². The summed E-state index contributed by atoms with van der Waals surface area (Å²) in [5, 5.41) is 10.1. The summed E-state index contributed by atoms with van der Waals surface area (Å²) in [6.45, 7) is 2.23. The molecule has 13 heteroatoms. The molecule has 0 aliphatic heterocycles. The molecule has 2 aromatic carbocycles. The van der Waals surface area contributed by atoms with Crippen LogP contribution in [-0.2, 0) is 16.6 Å². The van der Waals surface area contributed by atoms with Crippen LogP contribution in [0.5, 0.6) is 17.2 Å². The molecule has 36 heavy (non-hydrogen) atoms.